The Morgan fingerprint density at radius 1 is 0.480 bits per heavy atom. The number of unbranched alkanes of at least 4 members (excludes halogenated alkanes) is 10. The molecule has 0 rings (SSSR count). The average Bonchev–Trinajstić information content (AvgIpc) is 2.54. The van der Waals surface area contributed by atoms with Crippen LogP contribution in [0.25, 0.3) is 0 Å². The zero-order chi connectivity index (χ0) is 19.2. The van der Waals surface area contributed by atoms with Crippen molar-refractivity contribution in [3.8, 4) is 0 Å². The third kappa shape index (κ3) is 11.3. The molecule has 0 fully saturated rings. The fourth-order valence-electron chi connectivity index (χ4n) is 4.62. The topological polar surface area (TPSA) is 3.24 Å². The van der Waals surface area contributed by atoms with Crippen molar-refractivity contribution < 1.29 is 0 Å². The Hall–Kier alpha value is -0.0400. The van der Waals surface area contributed by atoms with Crippen LogP contribution in [0.1, 0.15) is 138 Å². The van der Waals surface area contributed by atoms with Crippen LogP contribution in [0.3, 0.4) is 0 Å². The van der Waals surface area contributed by atoms with Gasteiger partial charge in [-0.2, -0.15) is 0 Å². The van der Waals surface area contributed by atoms with Gasteiger partial charge in [0.25, 0.3) is 0 Å². The molecule has 0 unspecified atom stereocenters. The third-order valence-electron chi connectivity index (χ3n) is 6.06. The standard InChI is InChI=1S/C24H51N/c1-8-11-13-15-17-19-21-23(4,5)25(10-3)24(6,7)22-20-18-16-14-12-9-2/h8-22H2,1-7H3. The summed E-state index contributed by atoms with van der Waals surface area (Å²) in [6, 6.07) is 0. The maximum absolute atomic E-state index is 2.79. The van der Waals surface area contributed by atoms with Crippen LogP contribution in [0, 0.1) is 0 Å². The van der Waals surface area contributed by atoms with Gasteiger partial charge in [0, 0.05) is 11.1 Å². The molecule has 0 atom stereocenters. The third-order valence-corrected chi connectivity index (χ3v) is 6.06. The largest absolute Gasteiger partial charge is 0.293 e. The molecule has 152 valence electrons. The van der Waals surface area contributed by atoms with Crippen molar-refractivity contribution >= 4 is 0 Å². The van der Waals surface area contributed by atoms with E-state index >= 15 is 0 Å². The molecule has 0 saturated carbocycles. The van der Waals surface area contributed by atoms with Crippen molar-refractivity contribution in [2.75, 3.05) is 6.54 Å². The Morgan fingerprint density at radius 2 is 0.800 bits per heavy atom. The molecule has 0 saturated heterocycles. The lowest BCUT2D eigenvalue weighted by Gasteiger charge is -2.49. The number of nitrogens with zero attached hydrogens (tertiary/aromatic N) is 1. The zero-order valence-corrected chi connectivity index (χ0v) is 19.1. The van der Waals surface area contributed by atoms with Crippen molar-refractivity contribution in [2.24, 2.45) is 0 Å². The highest BCUT2D eigenvalue weighted by atomic mass is 15.2. The molecule has 1 heteroatoms. The molecule has 25 heavy (non-hydrogen) atoms. The van der Waals surface area contributed by atoms with Gasteiger partial charge in [0.05, 0.1) is 0 Å². The highest BCUT2D eigenvalue weighted by molar-refractivity contribution is 4.91. The molecule has 0 N–H and O–H groups in total. The maximum atomic E-state index is 2.79. The van der Waals surface area contributed by atoms with Gasteiger partial charge in [0.15, 0.2) is 0 Å². The van der Waals surface area contributed by atoms with E-state index in [0.717, 1.165) is 0 Å². The van der Waals surface area contributed by atoms with Gasteiger partial charge in [-0.3, -0.25) is 4.90 Å². The van der Waals surface area contributed by atoms with E-state index in [9.17, 15) is 0 Å². The molecule has 0 heterocycles. The summed E-state index contributed by atoms with van der Waals surface area (Å²) in [5.74, 6) is 0. The Bertz CT molecular complexity index is 264. The van der Waals surface area contributed by atoms with E-state index in [4.69, 9.17) is 0 Å². The van der Waals surface area contributed by atoms with Crippen LogP contribution in [0.4, 0.5) is 0 Å². The highest BCUT2D eigenvalue weighted by Gasteiger charge is 2.35. The molecule has 1 nitrogen and oxygen atoms in total. The van der Waals surface area contributed by atoms with Crippen molar-refractivity contribution in [1.82, 2.24) is 4.90 Å². The van der Waals surface area contributed by atoms with Gasteiger partial charge in [-0.05, 0) is 47.1 Å². The van der Waals surface area contributed by atoms with Gasteiger partial charge in [-0.25, -0.2) is 0 Å². The predicted molar refractivity (Wildman–Crippen MR) is 117 cm³/mol. The fraction of sp³-hybridized carbons (Fsp3) is 1.00. The second-order valence-corrected chi connectivity index (χ2v) is 9.40. The van der Waals surface area contributed by atoms with E-state index in [1.165, 1.54) is 96.4 Å². The van der Waals surface area contributed by atoms with Crippen molar-refractivity contribution in [3.63, 3.8) is 0 Å². The second-order valence-electron chi connectivity index (χ2n) is 9.40. The van der Waals surface area contributed by atoms with E-state index in [-0.39, 0.29) is 0 Å². The quantitative estimate of drug-likeness (QED) is 0.237. The Morgan fingerprint density at radius 3 is 1.12 bits per heavy atom. The monoisotopic (exact) mass is 353 g/mol. The average molecular weight is 354 g/mol. The van der Waals surface area contributed by atoms with Crippen molar-refractivity contribution in [3.05, 3.63) is 0 Å². The molecule has 0 aromatic rings. The molecular formula is C24H51N. The van der Waals surface area contributed by atoms with E-state index in [2.05, 4.69) is 53.4 Å². The molecule has 0 amide bonds. The van der Waals surface area contributed by atoms with Crippen LogP contribution in [0.2, 0.25) is 0 Å². The predicted octanol–water partition coefficient (Wildman–Crippen LogP) is 8.37. The summed E-state index contributed by atoms with van der Waals surface area (Å²) >= 11 is 0. The normalized spacial score (nSPS) is 13.0. The molecule has 0 aromatic heterocycles. The lowest BCUT2D eigenvalue weighted by molar-refractivity contribution is 0.00815. The van der Waals surface area contributed by atoms with Gasteiger partial charge < -0.3 is 0 Å². The maximum Gasteiger partial charge on any atom is 0.0158 e. The highest BCUT2D eigenvalue weighted by Crippen LogP contribution is 2.33. The fourth-order valence-corrected chi connectivity index (χ4v) is 4.62. The summed E-state index contributed by atoms with van der Waals surface area (Å²) in [4.78, 5) is 2.79. The number of hydrogen-bond acceptors (Lipinski definition) is 1. The van der Waals surface area contributed by atoms with Crippen molar-refractivity contribution in [2.45, 2.75) is 149 Å². The van der Waals surface area contributed by atoms with Crippen LogP contribution in [0.5, 0.6) is 0 Å². The number of hydrogen-bond donors (Lipinski definition) is 0. The first-order valence-corrected chi connectivity index (χ1v) is 11.6. The van der Waals surface area contributed by atoms with Crippen LogP contribution >= 0.6 is 0 Å². The van der Waals surface area contributed by atoms with E-state index in [1.807, 2.05) is 0 Å². The van der Waals surface area contributed by atoms with E-state index < -0.39 is 0 Å². The summed E-state index contributed by atoms with van der Waals surface area (Å²) in [6.07, 6.45) is 19.5. The summed E-state index contributed by atoms with van der Waals surface area (Å²) in [6.45, 7) is 18.0. The number of rotatable bonds is 17. The molecule has 0 spiro atoms. The summed E-state index contributed by atoms with van der Waals surface area (Å²) in [5, 5.41) is 0. The molecule has 0 bridgehead atoms. The summed E-state index contributed by atoms with van der Waals surface area (Å²) < 4.78 is 0. The first-order valence-electron chi connectivity index (χ1n) is 11.6. The van der Waals surface area contributed by atoms with E-state index in [0.29, 0.717) is 11.1 Å². The minimum Gasteiger partial charge on any atom is -0.293 e. The SMILES string of the molecule is CCCCCCCCC(C)(C)N(CC)C(C)(C)CCCCCCCC. The summed E-state index contributed by atoms with van der Waals surface area (Å²) in [5.41, 5.74) is 0.649. The molecule has 0 aliphatic carbocycles. The lowest BCUT2D eigenvalue weighted by Crippen LogP contribution is -2.55. The van der Waals surface area contributed by atoms with Crippen LogP contribution in [0.15, 0.2) is 0 Å². The molecule has 0 aliphatic heterocycles. The minimum atomic E-state index is 0.325. The molecule has 0 aromatic carbocycles. The first-order chi connectivity index (χ1) is 11.8. The van der Waals surface area contributed by atoms with Crippen LogP contribution in [-0.4, -0.2) is 22.5 Å². The lowest BCUT2D eigenvalue weighted by atomic mass is 9.85. The van der Waals surface area contributed by atoms with Crippen molar-refractivity contribution in [1.29, 1.82) is 0 Å². The molecular weight excluding hydrogens is 302 g/mol. The van der Waals surface area contributed by atoms with Gasteiger partial charge in [0.2, 0.25) is 0 Å². The Labute approximate surface area is 161 Å². The van der Waals surface area contributed by atoms with Gasteiger partial charge in [-0.15, -0.1) is 0 Å². The zero-order valence-electron chi connectivity index (χ0n) is 19.1. The van der Waals surface area contributed by atoms with E-state index in [1.54, 1.807) is 0 Å². The Kier molecular flexibility index (Phi) is 14.0. The van der Waals surface area contributed by atoms with Crippen LogP contribution < -0.4 is 0 Å². The molecule has 0 aliphatic rings. The van der Waals surface area contributed by atoms with Gasteiger partial charge >= 0.3 is 0 Å². The summed E-state index contributed by atoms with van der Waals surface area (Å²) in [7, 11) is 0. The smallest absolute Gasteiger partial charge is 0.0158 e. The van der Waals surface area contributed by atoms with Gasteiger partial charge in [0.1, 0.15) is 0 Å². The second kappa shape index (κ2) is 14.1. The molecule has 0 radical (unpaired) electrons. The van der Waals surface area contributed by atoms with Crippen LogP contribution in [-0.2, 0) is 0 Å². The minimum absolute atomic E-state index is 0.325. The Balaban J connectivity index is 4.28. The van der Waals surface area contributed by atoms with Gasteiger partial charge in [-0.1, -0.05) is 97.8 Å². The first kappa shape index (κ1) is 25.0.